The first kappa shape index (κ1) is 10.2. The molecule has 0 aliphatic carbocycles. The van der Waals surface area contributed by atoms with Crippen LogP contribution in [-0.2, 0) is 16.0 Å². The van der Waals surface area contributed by atoms with Crippen molar-refractivity contribution in [3.63, 3.8) is 0 Å². The van der Waals surface area contributed by atoms with Crippen LogP contribution in [0.5, 0.6) is 0 Å². The van der Waals surface area contributed by atoms with Gasteiger partial charge >= 0.3 is 5.97 Å². The molecule has 0 saturated heterocycles. The van der Waals surface area contributed by atoms with Crippen molar-refractivity contribution >= 4 is 21.9 Å². The molecule has 0 aliphatic heterocycles. The molecule has 0 saturated carbocycles. The molecule has 1 unspecified atom stereocenters. The van der Waals surface area contributed by atoms with E-state index in [1.807, 2.05) is 12.1 Å². The molecule has 1 aromatic heterocycles. The number of halogens is 1. The van der Waals surface area contributed by atoms with E-state index in [-0.39, 0.29) is 17.4 Å². The molecule has 0 aliphatic rings. The lowest BCUT2D eigenvalue weighted by Gasteiger charge is -2.05. The van der Waals surface area contributed by atoms with Gasteiger partial charge in [-0.05, 0) is 35.0 Å². The number of alkyl halides is 1. The second kappa shape index (κ2) is 4.97. The Morgan fingerprint density at radius 3 is 3.00 bits per heavy atom. The van der Waals surface area contributed by atoms with Gasteiger partial charge in [-0.2, -0.15) is 0 Å². The summed E-state index contributed by atoms with van der Waals surface area (Å²) in [5.41, 5.74) is 0.723. The first-order valence-electron chi connectivity index (χ1n) is 3.92. The minimum absolute atomic E-state index is 0.219. The molecule has 4 heteroatoms. The fraction of sp³-hybridized carbons (Fsp3) is 0.333. The van der Waals surface area contributed by atoms with E-state index < -0.39 is 0 Å². The average Bonchev–Trinajstić information content (AvgIpc) is 2.04. The Kier molecular flexibility index (Phi) is 3.89. The molecular formula is C9H10BrNO2. The molecule has 1 aromatic rings. The Hall–Kier alpha value is -0.900. The molecule has 0 amide bonds. The summed E-state index contributed by atoms with van der Waals surface area (Å²) in [6, 6.07) is 5.44. The van der Waals surface area contributed by atoms with Gasteiger partial charge in [0.1, 0.15) is 0 Å². The lowest BCUT2D eigenvalue weighted by Crippen LogP contribution is -2.12. The Labute approximate surface area is 85.3 Å². The Balaban J connectivity index is 2.46. The SMILES string of the molecule is CC(Br)OC(=O)Cc1ccccn1. The van der Waals surface area contributed by atoms with Crippen molar-refractivity contribution in [3.05, 3.63) is 30.1 Å². The quantitative estimate of drug-likeness (QED) is 0.602. The maximum Gasteiger partial charge on any atom is 0.312 e. The van der Waals surface area contributed by atoms with E-state index in [1.54, 1.807) is 19.2 Å². The molecule has 1 rings (SSSR count). The van der Waals surface area contributed by atoms with Crippen molar-refractivity contribution in [3.8, 4) is 0 Å². The molecule has 1 atom stereocenters. The molecule has 0 spiro atoms. The zero-order valence-electron chi connectivity index (χ0n) is 7.24. The highest BCUT2D eigenvalue weighted by atomic mass is 79.9. The average molecular weight is 244 g/mol. The number of hydrogen-bond acceptors (Lipinski definition) is 3. The molecule has 0 aromatic carbocycles. The first-order chi connectivity index (χ1) is 6.18. The third kappa shape index (κ3) is 4.03. The Morgan fingerprint density at radius 2 is 2.46 bits per heavy atom. The summed E-state index contributed by atoms with van der Waals surface area (Å²) in [6.45, 7) is 1.75. The van der Waals surface area contributed by atoms with E-state index in [4.69, 9.17) is 4.74 Å². The van der Waals surface area contributed by atoms with E-state index in [1.165, 1.54) is 0 Å². The van der Waals surface area contributed by atoms with Crippen LogP contribution in [0, 0.1) is 0 Å². The fourth-order valence-electron chi connectivity index (χ4n) is 0.873. The Bertz CT molecular complexity index is 274. The minimum Gasteiger partial charge on any atom is -0.451 e. The summed E-state index contributed by atoms with van der Waals surface area (Å²) in [7, 11) is 0. The number of rotatable bonds is 3. The van der Waals surface area contributed by atoms with Crippen molar-refractivity contribution in [1.82, 2.24) is 4.98 Å². The third-order valence-corrected chi connectivity index (χ3v) is 1.53. The zero-order chi connectivity index (χ0) is 9.68. The van der Waals surface area contributed by atoms with Gasteiger partial charge in [0.2, 0.25) is 0 Å². The normalized spacial score (nSPS) is 12.2. The van der Waals surface area contributed by atoms with Gasteiger partial charge in [0.05, 0.1) is 12.1 Å². The van der Waals surface area contributed by atoms with Gasteiger partial charge in [0.15, 0.2) is 5.01 Å². The van der Waals surface area contributed by atoms with Crippen LogP contribution in [0.15, 0.2) is 24.4 Å². The van der Waals surface area contributed by atoms with E-state index in [0.29, 0.717) is 0 Å². The van der Waals surface area contributed by atoms with Crippen LogP contribution in [-0.4, -0.2) is 16.0 Å². The van der Waals surface area contributed by atoms with Gasteiger partial charge < -0.3 is 4.74 Å². The van der Waals surface area contributed by atoms with Gasteiger partial charge in [-0.25, -0.2) is 0 Å². The van der Waals surface area contributed by atoms with E-state index in [2.05, 4.69) is 20.9 Å². The highest BCUT2D eigenvalue weighted by molar-refractivity contribution is 9.09. The van der Waals surface area contributed by atoms with Gasteiger partial charge in [-0.15, -0.1) is 0 Å². The van der Waals surface area contributed by atoms with Gasteiger partial charge in [0.25, 0.3) is 0 Å². The molecule has 13 heavy (non-hydrogen) atoms. The van der Waals surface area contributed by atoms with Crippen molar-refractivity contribution in [2.75, 3.05) is 0 Å². The van der Waals surface area contributed by atoms with Crippen LogP contribution in [0.4, 0.5) is 0 Å². The molecule has 0 fully saturated rings. The number of pyridine rings is 1. The van der Waals surface area contributed by atoms with Crippen LogP contribution in [0.1, 0.15) is 12.6 Å². The smallest absolute Gasteiger partial charge is 0.312 e. The van der Waals surface area contributed by atoms with Crippen LogP contribution in [0.3, 0.4) is 0 Å². The number of ether oxygens (including phenoxy) is 1. The topological polar surface area (TPSA) is 39.2 Å². The lowest BCUT2D eigenvalue weighted by atomic mass is 10.3. The van der Waals surface area contributed by atoms with Gasteiger partial charge in [-0.1, -0.05) is 6.07 Å². The van der Waals surface area contributed by atoms with Crippen molar-refractivity contribution in [2.45, 2.75) is 18.4 Å². The largest absolute Gasteiger partial charge is 0.451 e. The lowest BCUT2D eigenvalue weighted by molar-refractivity contribution is -0.143. The minimum atomic E-state index is -0.275. The molecule has 1 heterocycles. The molecule has 0 radical (unpaired) electrons. The van der Waals surface area contributed by atoms with Gasteiger partial charge in [-0.3, -0.25) is 9.78 Å². The van der Waals surface area contributed by atoms with Crippen molar-refractivity contribution < 1.29 is 9.53 Å². The third-order valence-electron chi connectivity index (χ3n) is 1.35. The Morgan fingerprint density at radius 1 is 1.69 bits per heavy atom. The second-order valence-electron chi connectivity index (χ2n) is 2.53. The maximum atomic E-state index is 11.1. The number of carbonyl (C=O) groups excluding carboxylic acids is 1. The second-order valence-corrected chi connectivity index (χ2v) is 3.82. The van der Waals surface area contributed by atoms with E-state index in [9.17, 15) is 4.79 Å². The van der Waals surface area contributed by atoms with Crippen LogP contribution >= 0.6 is 15.9 Å². The van der Waals surface area contributed by atoms with Crippen molar-refractivity contribution in [2.24, 2.45) is 0 Å². The van der Waals surface area contributed by atoms with Gasteiger partial charge in [0, 0.05) is 6.20 Å². The summed E-state index contributed by atoms with van der Waals surface area (Å²) in [5.74, 6) is -0.275. The molecule has 0 bridgehead atoms. The highest BCUT2D eigenvalue weighted by Gasteiger charge is 2.07. The van der Waals surface area contributed by atoms with Crippen LogP contribution < -0.4 is 0 Å². The number of esters is 1. The standard InChI is InChI=1S/C9H10BrNO2/c1-7(10)13-9(12)6-8-4-2-3-5-11-8/h2-5,7H,6H2,1H3. The predicted molar refractivity (Wildman–Crippen MR) is 52.4 cm³/mol. The summed E-state index contributed by atoms with van der Waals surface area (Å²) in [5, 5.41) is -0.247. The number of hydrogen-bond donors (Lipinski definition) is 0. The maximum absolute atomic E-state index is 11.1. The molecular weight excluding hydrogens is 234 g/mol. The van der Waals surface area contributed by atoms with Crippen LogP contribution in [0.25, 0.3) is 0 Å². The first-order valence-corrected chi connectivity index (χ1v) is 4.83. The number of aromatic nitrogens is 1. The summed E-state index contributed by atoms with van der Waals surface area (Å²) < 4.78 is 4.89. The monoisotopic (exact) mass is 243 g/mol. The summed E-state index contributed by atoms with van der Waals surface area (Å²) in [4.78, 5) is 15.1. The molecule has 3 nitrogen and oxygen atoms in total. The predicted octanol–water partition coefficient (Wildman–Crippen LogP) is 1.91. The van der Waals surface area contributed by atoms with Crippen LogP contribution in [0.2, 0.25) is 0 Å². The zero-order valence-corrected chi connectivity index (χ0v) is 8.82. The van der Waals surface area contributed by atoms with Crippen molar-refractivity contribution in [1.29, 1.82) is 0 Å². The number of nitrogens with zero attached hydrogens (tertiary/aromatic N) is 1. The summed E-state index contributed by atoms with van der Waals surface area (Å²) >= 11 is 3.12. The molecule has 70 valence electrons. The fourth-order valence-corrected chi connectivity index (χ4v) is 1.08. The number of carbonyl (C=O) groups is 1. The van der Waals surface area contributed by atoms with E-state index >= 15 is 0 Å². The summed E-state index contributed by atoms with van der Waals surface area (Å²) in [6.07, 6.45) is 1.87. The molecule has 0 N–H and O–H groups in total. The van der Waals surface area contributed by atoms with E-state index in [0.717, 1.165) is 5.69 Å². The highest BCUT2D eigenvalue weighted by Crippen LogP contribution is 2.03.